The molecule has 5 N–H and O–H groups in total. The summed E-state index contributed by atoms with van der Waals surface area (Å²) in [4.78, 5) is 57.2. The second-order valence-electron chi connectivity index (χ2n) is 6.90. The van der Waals surface area contributed by atoms with Gasteiger partial charge in [-0.15, -0.1) is 11.8 Å². The van der Waals surface area contributed by atoms with Crippen LogP contribution in [-0.4, -0.2) is 77.7 Å². The number of carboxylic acid groups (broad SMARTS) is 2. The van der Waals surface area contributed by atoms with Gasteiger partial charge in [0.05, 0.1) is 0 Å². The molecule has 0 spiro atoms. The summed E-state index contributed by atoms with van der Waals surface area (Å²) in [6.45, 7) is 4.14. The molecule has 174 valence electrons. The van der Waals surface area contributed by atoms with Crippen LogP contribution in [0.4, 0.5) is 5.13 Å². The van der Waals surface area contributed by atoms with Crippen molar-refractivity contribution in [1.29, 1.82) is 0 Å². The van der Waals surface area contributed by atoms with Gasteiger partial charge in [0.1, 0.15) is 11.1 Å². The Morgan fingerprint density at radius 1 is 1.41 bits per heavy atom. The van der Waals surface area contributed by atoms with E-state index in [1.54, 1.807) is 6.92 Å². The molecule has 0 saturated carbocycles. The van der Waals surface area contributed by atoms with Crippen LogP contribution in [0, 0.1) is 0 Å². The number of carbonyl (C=O) groups is 4. The number of nitrogens with zero attached hydrogens (tertiary/aromatic N) is 4. The summed E-state index contributed by atoms with van der Waals surface area (Å²) in [6.07, 6.45) is 0.862. The first kappa shape index (κ1) is 25.1. The smallest absolute Gasteiger partial charge is 0.352 e. The van der Waals surface area contributed by atoms with Crippen LogP contribution in [0.2, 0.25) is 0 Å². The summed E-state index contributed by atoms with van der Waals surface area (Å²) in [6, 6.07) is 0. The lowest BCUT2D eigenvalue weighted by atomic mass is 10.1. The van der Waals surface area contributed by atoms with E-state index in [9.17, 15) is 29.4 Å². The van der Waals surface area contributed by atoms with Gasteiger partial charge < -0.3 is 26.1 Å². The molecule has 0 aromatic carbocycles. The minimum absolute atomic E-state index is 0.0521. The van der Waals surface area contributed by atoms with Crippen LogP contribution >= 0.6 is 23.3 Å². The largest absolute Gasteiger partial charge is 0.478 e. The molecule has 1 aliphatic heterocycles. The lowest BCUT2D eigenvalue weighted by molar-refractivity contribution is -0.161. The number of hydrogen-bond acceptors (Lipinski definition) is 11. The highest BCUT2D eigenvalue weighted by Crippen LogP contribution is 2.31. The maximum atomic E-state index is 12.8. The molecule has 2 rings (SSSR count). The van der Waals surface area contributed by atoms with Crippen molar-refractivity contribution in [3.8, 4) is 0 Å². The molecule has 15 heteroatoms. The Balaban J connectivity index is 2.23. The molecule has 1 aromatic rings. The van der Waals surface area contributed by atoms with E-state index in [-0.39, 0.29) is 23.2 Å². The Bertz CT molecular complexity index is 974. The number of amides is 2. The molecule has 0 aliphatic carbocycles. The quantitative estimate of drug-likeness (QED) is 0.199. The minimum Gasteiger partial charge on any atom is -0.478 e. The van der Waals surface area contributed by atoms with Crippen molar-refractivity contribution in [3.05, 3.63) is 17.1 Å². The van der Waals surface area contributed by atoms with Crippen molar-refractivity contribution in [2.45, 2.75) is 38.2 Å². The normalized spacial score (nSPS) is 17.2. The van der Waals surface area contributed by atoms with Crippen LogP contribution in [0.1, 0.15) is 33.0 Å². The van der Waals surface area contributed by atoms with Gasteiger partial charge in [0.2, 0.25) is 23.5 Å². The fraction of sp³-hybridized carbons (Fsp3) is 0.471. The average molecular weight is 487 g/mol. The third-order valence-corrected chi connectivity index (χ3v) is 6.12. The summed E-state index contributed by atoms with van der Waals surface area (Å²) in [7, 11) is 0. The van der Waals surface area contributed by atoms with Crippen molar-refractivity contribution in [1.82, 2.24) is 19.6 Å². The fourth-order valence-electron chi connectivity index (χ4n) is 2.46. The van der Waals surface area contributed by atoms with E-state index >= 15 is 0 Å². The number of carboxylic acids is 2. The number of nitrogen functional groups attached to an aromatic ring is 1. The molecular weight excluding hydrogens is 464 g/mol. The molecule has 0 fully saturated rings. The molecule has 1 atom stereocenters. The van der Waals surface area contributed by atoms with Crippen LogP contribution < -0.4 is 11.1 Å². The Kier molecular flexibility index (Phi) is 8.15. The maximum Gasteiger partial charge on any atom is 0.352 e. The Morgan fingerprint density at radius 3 is 2.59 bits per heavy atom. The van der Waals surface area contributed by atoms with E-state index in [1.807, 2.05) is 0 Å². The van der Waals surface area contributed by atoms with Crippen molar-refractivity contribution >= 4 is 58.4 Å². The SMILES string of the molecule is CCC1=C(C(=O)O)N(C=O)[C@@H](CNC(=O)/C(=N\OC(C)(C)C(=O)O)c2nsc(N)n2)SC1. The lowest BCUT2D eigenvalue weighted by Crippen LogP contribution is -2.46. The minimum atomic E-state index is -1.74. The molecule has 2 heterocycles. The molecule has 0 bridgehead atoms. The van der Waals surface area contributed by atoms with Gasteiger partial charge in [-0.2, -0.15) is 9.36 Å². The second-order valence-corrected chi connectivity index (χ2v) is 8.85. The molecule has 2 amide bonds. The molecule has 13 nitrogen and oxygen atoms in total. The lowest BCUT2D eigenvalue weighted by Gasteiger charge is -2.34. The Morgan fingerprint density at radius 2 is 2.09 bits per heavy atom. The van der Waals surface area contributed by atoms with E-state index in [0.717, 1.165) is 16.4 Å². The molecule has 32 heavy (non-hydrogen) atoms. The van der Waals surface area contributed by atoms with Gasteiger partial charge in [-0.25, -0.2) is 9.59 Å². The number of thioether (sulfide) groups is 1. The molecule has 0 unspecified atom stereocenters. The second kappa shape index (κ2) is 10.4. The van der Waals surface area contributed by atoms with Crippen LogP contribution in [-0.2, 0) is 24.0 Å². The van der Waals surface area contributed by atoms with Crippen LogP contribution in [0.25, 0.3) is 0 Å². The van der Waals surface area contributed by atoms with Gasteiger partial charge in [0.25, 0.3) is 5.91 Å². The maximum absolute atomic E-state index is 12.8. The number of aromatic nitrogens is 2. The van der Waals surface area contributed by atoms with Crippen molar-refractivity contribution in [2.24, 2.45) is 5.16 Å². The highest BCUT2D eigenvalue weighted by molar-refractivity contribution is 8.00. The summed E-state index contributed by atoms with van der Waals surface area (Å²) in [5.74, 6) is -3.16. The summed E-state index contributed by atoms with van der Waals surface area (Å²) >= 11 is 2.09. The van der Waals surface area contributed by atoms with Crippen LogP contribution in [0.15, 0.2) is 16.4 Å². The molecular formula is C17H22N6O7S2. The number of nitrogens with two attached hydrogens (primary N) is 1. The topological polar surface area (TPSA) is 197 Å². The van der Waals surface area contributed by atoms with Gasteiger partial charge >= 0.3 is 11.9 Å². The first-order valence-corrected chi connectivity index (χ1v) is 11.0. The zero-order valence-corrected chi connectivity index (χ0v) is 19.0. The van der Waals surface area contributed by atoms with Gasteiger partial charge in [0.15, 0.2) is 5.13 Å². The number of oxime groups is 1. The van der Waals surface area contributed by atoms with E-state index in [0.29, 0.717) is 24.2 Å². The zero-order valence-electron chi connectivity index (χ0n) is 17.4. The van der Waals surface area contributed by atoms with Crippen LogP contribution in [0.5, 0.6) is 0 Å². The van der Waals surface area contributed by atoms with Gasteiger partial charge in [-0.3, -0.25) is 14.5 Å². The van der Waals surface area contributed by atoms with Crippen molar-refractivity contribution < 1.29 is 34.2 Å². The average Bonchev–Trinajstić information content (AvgIpc) is 3.16. The summed E-state index contributed by atoms with van der Waals surface area (Å²) < 4.78 is 3.89. The Hall–Kier alpha value is -3.20. The molecule has 1 aromatic heterocycles. The third-order valence-electron chi connectivity index (χ3n) is 4.28. The number of aliphatic carboxylic acids is 2. The van der Waals surface area contributed by atoms with Gasteiger partial charge in [-0.05, 0) is 25.8 Å². The number of nitrogens with one attached hydrogen (secondary N) is 1. The third kappa shape index (κ3) is 5.73. The predicted octanol–water partition coefficient (Wildman–Crippen LogP) is 0.100. The first-order valence-electron chi connectivity index (χ1n) is 9.19. The predicted molar refractivity (Wildman–Crippen MR) is 116 cm³/mol. The van der Waals surface area contributed by atoms with Gasteiger partial charge in [-0.1, -0.05) is 12.1 Å². The summed E-state index contributed by atoms with van der Waals surface area (Å²) in [5, 5.41) is 24.2. The highest BCUT2D eigenvalue weighted by atomic mass is 32.2. The van der Waals surface area contributed by atoms with E-state index in [2.05, 4.69) is 19.8 Å². The summed E-state index contributed by atoms with van der Waals surface area (Å²) in [5.41, 5.74) is 3.88. The number of anilines is 1. The monoisotopic (exact) mass is 486 g/mol. The van der Waals surface area contributed by atoms with E-state index < -0.39 is 34.5 Å². The highest BCUT2D eigenvalue weighted by Gasteiger charge is 2.34. The van der Waals surface area contributed by atoms with Crippen molar-refractivity contribution in [2.75, 3.05) is 18.0 Å². The zero-order chi connectivity index (χ0) is 24.1. The fourth-order valence-corrected chi connectivity index (χ4v) is 4.14. The van der Waals surface area contributed by atoms with E-state index in [1.165, 1.54) is 25.6 Å². The number of rotatable bonds is 10. The molecule has 0 saturated heterocycles. The number of hydrogen-bond donors (Lipinski definition) is 4. The number of carbonyl (C=O) groups excluding carboxylic acids is 2. The standard InChI is InChI=1S/C17H22N6O7S2/c1-4-8-6-31-9(23(7-24)11(8)14(26)27)5-19-13(25)10(12-20-16(18)32-22-12)21-30-17(2,3)15(28)29/h7,9H,4-6H2,1-3H3,(H,19,25)(H,26,27)(H,28,29)(H2,18,20,22)/b21-10-/t9-/m1/s1. The van der Waals surface area contributed by atoms with Crippen LogP contribution in [0.3, 0.4) is 0 Å². The molecule has 1 aliphatic rings. The Labute approximate surface area is 190 Å². The van der Waals surface area contributed by atoms with E-state index in [4.69, 9.17) is 10.6 Å². The van der Waals surface area contributed by atoms with Crippen molar-refractivity contribution in [3.63, 3.8) is 0 Å². The van der Waals surface area contributed by atoms with Gasteiger partial charge in [0, 0.05) is 23.8 Å². The first-order chi connectivity index (χ1) is 15.0. The molecule has 0 radical (unpaired) electrons.